The second-order valence-electron chi connectivity index (χ2n) is 11.1. The summed E-state index contributed by atoms with van der Waals surface area (Å²) in [5, 5.41) is 13.2. The Balaban J connectivity index is 1.34. The van der Waals surface area contributed by atoms with Gasteiger partial charge in [-0.3, -0.25) is 24.5 Å². The summed E-state index contributed by atoms with van der Waals surface area (Å²) < 4.78 is 17.0. The van der Waals surface area contributed by atoms with Gasteiger partial charge in [0.05, 0.1) is 28.4 Å². The number of esters is 1. The largest absolute Gasteiger partial charge is 0.454 e. The highest BCUT2D eigenvalue weighted by Gasteiger charge is 2.60. The molecule has 4 aliphatic rings. The standard InChI is InChI=1S/C33H22N2O8/c1-16-12-19(35(39)40)8-9-23(16)34-31(36)28-21(18-7-10-24-26(13-18)42-15-41-24)14-22-27-20-5-3-2-4-17(20)6-11-25(27)43-33(38)29(22)30(28)32(34)37/h2-14,21,28-30H,15H2,1H3/t21-,28-,29+,30-/m0/s1. The van der Waals surface area contributed by atoms with E-state index in [1.165, 1.54) is 18.2 Å². The van der Waals surface area contributed by atoms with Crippen LogP contribution >= 0.6 is 0 Å². The predicted molar refractivity (Wildman–Crippen MR) is 154 cm³/mol. The number of carbonyl (C=O) groups excluding carboxylic acids is 3. The molecule has 0 N–H and O–H groups in total. The van der Waals surface area contributed by atoms with Gasteiger partial charge in [0.15, 0.2) is 11.5 Å². The molecule has 8 rings (SSSR count). The number of nitro benzene ring substituents is 1. The van der Waals surface area contributed by atoms with Gasteiger partial charge in [0.2, 0.25) is 18.6 Å². The lowest BCUT2D eigenvalue weighted by molar-refractivity contribution is -0.384. The zero-order chi connectivity index (χ0) is 29.6. The molecule has 3 aliphatic heterocycles. The Hall–Kier alpha value is -5.51. The SMILES string of the molecule is Cc1cc([N+](=O)[O-])ccc1N1C(=O)[C@@H]2[C@@H]3C(=O)Oc4ccc5ccccc5c4C3=C[C@@H](c3ccc4c(c3)OCO4)[C@@H]2C1=O. The molecular formula is C33H22N2O8. The third kappa shape index (κ3) is 3.56. The van der Waals surface area contributed by atoms with Gasteiger partial charge in [-0.25, -0.2) is 4.90 Å². The maximum Gasteiger partial charge on any atom is 0.319 e. The molecule has 212 valence electrons. The average molecular weight is 575 g/mol. The Bertz CT molecular complexity index is 1980. The number of hydrogen-bond donors (Lipinski definition) is 0. The minimum atomic E-state index is -1.06. The fourth-order valence-corrected chi connectivity index (χ4v) is 7.02. The molecule has 0 radical (unpaired) electrons. The van der Waals surface area contributed by atoms with Crippen molar-refractivity contribution in [2.24, 2.45) is 17.8 Å². The highest BCUT2D eigenvalue weighted by atomic mass is 16.7. The van der Waals surface area contributed by atoms with Gasteiger partial charge in [0.25, 0.3) is 5.69 Å². The number of allylic oxidation sites excluding steroid dienone is 1. The predicted octanol–water partition coefficient (Wildman–Crippen LogP) is 5.31. The number of nitrogens with zero attached hydrogens (tertiary/aromatic N) is 2. The van der Waals surface area contributed by atoms with Crippen LogP contribution in [0.5, 0.6) is 17.2 Å². The zero-order valence-corrected chi connectivity index (χ0v) is 22.7. The molecule has 1 saturated heterocycles. The molecule has 0 unspecified atom stereocenters. The molecule has 2 amide bonds. The number of non-ortho nitro benzene ring substituents is 1. The fraction of sp³-hybridized carbons (Fsp3) is 0.182. The van der Waals surface area contributed by atoms with Crippen LogP contribution in [0.3, 0.4) is 0 Å². The molecule has 10 nitrogen and oxygen atoms in total. The molecule has 1 aliphatic carbocycles. The van der Waals surface area contributed by atoms with Crippen molar-refractivity contribution in [3.8, 4) is 17.2 Å². The van der Waals surface area contributed by atoms with E-state index in [4.69, 9.17) is 14.2 Å². The summed E-state index contributed by atoms with van der Waals surface area (Å²) in [7, 11) is 0. The van der Waals surface area contributed by atoms with Crippen molar-refractivity contribution < 1.29 is 33.5 Å². The Morgan fingerprint density at radius 2 is 1.63 bits per heavy atom. The van der Waals surface area contributed by atoms with E-state index < -0.39 is 46.4 Å². The first-order valence-electron chi connectivity index (χ1n) is 13.8. The first-order chi connectivity index (χ1) is 20.8. The van der Waals surface area contributed by atoms with Gasteiger partial charge in [0, 0.05) is 23.6 Å². The minimum Gasteiger partial charge on any atom is -0.454 e. The quantitative estimate of drug-likeness (QED) is 0.106. The molecule has 10 heteroatoms. The van der Waals surface area contributed by atoms with Crippen LogP contribution in [-0.4, -0.2) is 29.5 Å². The summed E-state index contributed by atoms with van der Waals surface area (Å²) in [6.45, 7) is 1.69. The summed E-state index contributed by atoms with van der Waals surface area (Å²) in [4.78, 5) is 54.3. The van der Waals surface area contributed by atoms with Crippen LogP contribution in [0.4, 0.5) is 11.4 Å². The molecular weight excluding hydrogens is 552 g/mol. The maximum atomic E-state index is 14.4. The molecule has 0 spiro atoms. The van der Waals surface area contributed by atoms with Gasteiger partial charge in [-0.2, -0.15) is 0 Å². The lowest BCUT2D eigenvalue weighted by atomic mass is 9.64. The Morgan fingerprint density at radius 1 is 0.860 bits per heavy atom. The van der Waals surface area contributed by atoms with Crippen LogP contribution in [0.1, 0.15) is 22.6 Å². The Kier molecular flexibility index (Phi) is 5.27. The van der Waals surface area contributed by atoms with Crippen molar-refractivity contribution in [3.05, 3.63) is 106 Å². The minimum absolute atomic E-state index is 0.0779. The summed E-state index contributed by atoms with van der Waals surface area (Å²) in [6.07, 6.45) is 1.92. The van der Waals surface area contributed by atoms with E-state index in [1.54, 1.807) is 19.1 Å². The average Bonchev–Trinajstić information content (AvgIpc) is 3.58. The third-order valence-corrected chi connectivity index (χ3v) is 8.90. The van der Waals surface area contributed by atoms with Gasteiger partial charge in [-0.15, -0.1) is 0 Å². The number of anilines is 1. The molecule has 4 atom stereocenters. The van der Waals surface area contributed by atoms with Crippen molar-refractivity contribution in [3.63, 3.8) is 0 Å². The van der Waals surface area contributed by atoms with E-state index in [0.717, 1.165) is 26.8 Å². The second-order valence-corrected chi connectivity index (χ2v) is 11.1. The number of hydrogen-bond acceptors (Lipinski definition) is 8. The molecule has 0 aromatic heterocycles. The number of nitro groups is 1. The highest BCUT2D eigenvalue weighted by Crippen LogP contribution is 2.56. The molecule has 1 fully saturated rings. The van der Waals surface area contributed by atoms with E-state index in [9.17, 15) is 24.5 Å². The topological polar surface area (TPSA) is 125 Å². The summed E-state index contributed by atoms with van der Waals surface area (Å²) in [5.41, 5.74) is 2.57. The van der Waals surface area contributed by atoms with Crippen LogP contribution < -0.4 is 19.1 Å². The summed E-state index contributed by atoms with van der Waals surface area (Å²) in [5.74, 6) is -3.73. The van der Waals surface area contributed by atoms with Crippen LogP contribution in [-0.2, 0) is 14.4 Å². The molecule has 4 aromatic rings. The number of ether oxygens (including phenoxy) is 3. The fourth-order valence-electron chi connectivity index (χ4n) is 7.02. The van der Waals surface area contributed by atoms with Crippen LogP contribution in [0.25, 0.3) is 16.3 Å². The van der Waals surface area contributed by atoms with Gasteiger partial charge in [-0.1, -0.05) is 42.5 Å². The van der Waals surface area contributed by atoms with E-state index >= 15 is 0 Å². The van der Waals surface area contributed by atoms with Crippen LogP contribution in [0, 0.1) is 34.8 Å². The van der Waals surface area contributed by atoms with Gasteiger partial charge in [-0.05, 0) is 58.7 Å². The number of aryl methyl sites for hydroxylation is 1. The Labute approximate surface area is 244 Å². The number of imide groups is 1. The normalized spacial score (nSPS) is 23.4. The lowest BCUT2D eigenvalue weighted by Crippen LogP contribution is -2.42. The van der Waals surface area contributed by atoms with E-state index in [-0.39, 0.29) is 18.2 Å². The van der Waals surface area contributed by atoms with Crippen molar-refractivity contribution in [2.75, 3.05) is 11.7 Å². The maximum absolute atomic E-state index is 14.4. The molecule has 43 heavy (non-hydrogen) atoms. The van der Waals surface area contributed by atoms with Crippen molar-refractivity contribution in [1.29, 1.82) is 0 Å². The van der Waals surface area contributed by atoms with Gasteiger partial charge >= 0.3 is 5.97 Å². The highest BCUT2D eigenvalue weighted by molar-refractivity contribution is 6.25. The van der Waals surface area contributed by atoms with E-state index in [2.05, 4.69) is 0 Å². The lowest BCUT2D eigenvalue weighted by Gasteiger charge is -2.38. The number of benzene rings is 4. The summed E-state index contributed by atoms with van der Waals surface area (Å²) >= 11 is 0. The monoisotopic (exact) mass is 574 g/mol. The van der Waals surface area contributed by atoms with Crippen LogP contribution in [0.15, 0.2) is 78.9 Å². The van der Waals surface area contributed by atoms with Gasteiger partial charge in [0.1, 0.15) is 5.75 Å². The molecule has 0 saturated carbocycles. The summed E-state index contributed by atoms with van der Waals surface area (Å²) in [6, 6.07) is 20.8. The third-order valence-electron chi connectivity index (χ3n) is 8.90. The zero-order valence-electron chi connectivity index (χ0n) is 22.7. The van der Waals surface area contributed by atoms with Crippen molar-refractivity contribution >= 4 is 45.5 Å². The van der Waals surface area contributed by atoms with Crippen LogP contribution in [0.2, 0.25) is 0 Å². The van der Waals surface area contributed by atoms with E-state index in [1.807, 2.05) is 48.5 Å². The van der Waals surface area contributed by atoms with Crippen molar-refractivity contribution in [1.82, 2.24) is 0 Å². The van der Waals surface area contributed by atoms with Gasteiger partial charge < -0.3 is 14.2 Å². The van der Waals surface area contributed by atoms with E-state index in [0.29, 0.717) is 28.4 Å². The van der Waals surface area contributed by atoms with Crippen molar-refractivity contribution in [2.45, 2.75) is 12.8 Å². The number of rotatable bonds is 3. The molecule has 3 heterocycles. The second kappa shape index (κ2) is 8.99. The molecule has 4 aromatic carbocycles. The first kappa shape index (κ1) is 25.2. The molecule has 0 bridgehead atoms. The Morgan fingerprint density at radius 3 is 2.44 bits per heavy atom. The smallest absolute Gasteiger partial charge is 0.319 e. The number of fused-ring (bicyclic) bond motifs is 8. The first-order valence-corrected chi connectivity index (χ1v) is 13.8. The number of carbonyl (C=O) groups is 3. The number of amides is 2.